The normalized spacial score (nSPS) is 17.3. The van der Waals surface area contributed by atoms with E-state index in [1.807, 2.05) is 0 Å². The van der Waals surface area contributed by atoms with Crippen molar-refractivity contribution in [2.24, 2.45) is 11.8 Å². The predicted molar refractivity (Wildman–Crippen MR) is 70.8 cm³/mol. The topological polar surface area (TPSA) is 78.3 Å². The van der Waals surface area contributed by atoms with Crippen LogP contribution in [0.4, 0.5) is 0 Å². The van der Waals surface area contributed by atoms with Crippen LogP contribution in [0.2, 0.25) is 0 Å². The van der Waals surface area contributed by atoms with E-state index < -0.39 is 0 Å². The van der Waals surface area contributed by atoms with E-state index >= 15 is 0 Å². The number of amides is 1. The molecule has 0 radical (unpaired) electrons. The van der Waals surface area contributed by atoms with Gasteiger partial charge >= 0.3 is 0 Å². The zero-order chi connectivity index (χ0) is 13.2. The third-order valence-electron chi connectivity index (χ3n) is 4.06. The molecule has 0 saturated heterocycles. The van der Waals surface area contributed by atoms with Crippen LogP contribution in [0, 0.1) is 11.8 Å². The SMILES string of the molecule is O=C(NCC(CO)C1CCC1)c1cc2occc2[nH]1. The molecular formula is C14H18N2O3. The van der Waals surface area contributed by atoms with Crippen LogP contribution in [-0.4, -0.2) is 29.1 Å². The Morgan fingerprint density at radius 2 is 2.42 bits per heavy atom. The molecule has 1 saturated carbocycles. The summed E-state index contributed by atoms with van der Waals surface area (Å²) < 4.78 is 5.21. The number of furan rings is 1. The fraction of sp³-hybridized carbons (Fsp3) is 0.500. The van der Waals surface area contributed by atoms with Gasteiger partial charge in [-0.1, -0.05) is 19.3 Å². The quantitative estimate of drug-likeness (QED) is 0.770. The fourth-order valence-corrected chi connectivity index (χ4v) is 2.58. The van der Waals surface area contributed by atoms with Gasteiger partial charge in [-0.2, -0.15) is 0 Å². The van der Waals surface area contributed by atoms with Crippen molar-refractivity contribution in [3.63, 3.8) is 0 Å². The number of carbonyl (C=O) groups is 1. The molecular weight excluding hydrogens is 244 g/mol. The Bertz CT molecular complexity index is 540. The summed E-state index contributed by atoms with van der Waals surface area (Å²) in [5.74, 6) is 0.588. The third kappa shape index (κ3) is 2.38. The van der Waals surface area contributed by atoms with Crippen LogP contribution < -0.4 is 5.32 Å². The van der Waals surface area contributed by atoms with E-state index in [2.05, 4.69) is 10.3 Å². The molecule has 0 spiro atoms. The van der Waals surface area contributed by atoms with Crippen molar-refractivity contribution in [1.82, 2.24) is 10.3 Å². The molecule has 1 atom stereocenters. The molecule has 3 N–H and O–H groups in total. The molecule has 1 unspecified atom stereocenters. The molecule has 1 aliphatic rings. The Balaban J connectivity index is 1.59. The maximum absolute atomic E-state index is 12.0. The molecule has 1 amide bonds. The highest BCUT2D eigenvalue weighted by molar-refractivity contribution is 5.96. The van der Waals surface area contributed by atoms with Crippen molar-refractivity contribution in [1.29, 1.82) is 0 Å². The average Bonchev–Trinajstić information content (AvgIpc) is 2.91. The molecule has 102 valence electrons. The average molecular weight is 262 g/mol. The summed E-state index contributed by atoms with van der Waals surface area (Å²) in [6.07, 6.45) is 5.15. The predicted octanol–water partition coefficient (Wildman–Crippen LogP) is 1.90. The van der Waals surface area contributed by atoms with Gasteiger partial charge in [0, 0.05) is 31.2 Å². The van der Waals surface area contributed by atoms with Gasteiger partial charge in [-0.05, 0) is 5.92 Å². The lowest BCUT2D eigenvalue weighted by Crippen LogP contribution is -2.36. The lowest BCUT2D eigenvalue weighted by atomic mass is 9.76. The first kappa shape index (κ1) is 12.3. The standard InChI is InChI=1S/C14H18N2O3/c17-8-10(9-2-1-3-9)7-15-14(18)12-6-13-11(16-12)4-5-19-13/h4-6,9-10,16-17H,1-3,7-8H2,(H,15,18). The lowest BCUT2D eigenvalue weighted by molar-refractivity contribution is 0.0886. The molecule has 2 heterocycles. The van der Waals surface area contributed by atoms with Gasteiger partial charge in [0.15, 0.2) is 5.58 Å². The molecule has 1 aliphatic carbocycles. The van der Waals surface area contributed by atoms with Crippen LogP contribution in [0.15, 0.2) is 22.8 Å². The minimum atomic E-state index is -0.149. The van der Waals surface area contributed by atoms with Crippen molar-refractivity contribution < 1.29 is 14.3 Å². The number of aliphatic hydroxyl groups excluding tert-OH is 1. The lowest BCUT2D eigenvalue weighted by Gasteiger charge is -2.32. The Labute approximate surface area is 111 Å². The molecule has 19 heavy (non-hydrogen) atoms. The van der Waals surface area contributed by atoms with Crippen molar-refractivity contribution in [2.75, 3.05) is 13.2 Å². The molecule has 0 bridgehead atoms. The molecule has 5 heteroatoms. The zero-order valence-electron chi connectivity index (χ0n) is 10.7. The first-order chi connectivity index (χ1) is 9.28. The molecule has 5 nitrogen and oxygen atoms in total. The van der Waals surface area contributed by atoms with Gasteiger partial charge in [-0.25, -0.2) is 0 Å². The first-order valence-electron chi connectivity index (χ1n) is 6.73. The van der Waals surface area contributed by atoms with Crippen LogP contribution in [0.25, 0.3) is 11.1 Å². The van der Waals surface area contributed by atoms with E-state index in [9.17, 15) is 9.90 Å². The van der Waals surface area contributed by atoms with E-state index in [4.69, 9.17) is 4.42 Å². The van der Waals surface area contributed by atoms with Gasteiger partial charge in [-0.3, -0.25) is 4.79 Å². The maximum atomic E-state index is 12.0. The van der Waals surface area contributed by atoms with Crippen molar-refractivity contribution in [2.45, 2.75) is 19.3 Å². The van der Waals surface area contributed by atoms with Crippen LogP contribution in [-0.2, 0) is 0 Å². The number of fused-ring (bicyclic) bond motifs is 1. The second kappa shape index (κ2) is 5.09. The van der Waals surface area contributed by atoms with Gasteiger partial charge in [0.25, 0.3) is 5.91 Å². The Morgan fingerprint density at radius 1 is 1.58 bits per heavy atom. The molecule has 0 aromatic carbocycles. The molecule has 2 aromatic heterocycles. The van der Waals surface area contributed by atoms with Gasteiger partial charge in [0.1, 0.15) is 5.69 Å². The number of H-pyrrole nitrogens is 1. The maximum Gasteiger partial charge on any atom is 0.267 e. The highest BCUT2D eigenvalue weighted by Gasteiger charge is 2.27. The van der Waals surface area contributed by atoms with Gasteiger partial charge in [0.2, 0.25) is 0 Å². The van der Waals surface area contributed by atoms with Crippen LogP contribution in [0.5, 0.6) is 0 Å². The first-order valence-corrected chi connectivity index (χ1v) is 6.73. The Kier molecular flexibility index (Phi) is 3.29. The van der Waals surface area contributed by atoms with Gasteiger partial charge in [0.05, 0.1) is 11.8 Å². The van der Waals surface area contributed by atoms with Crippen molar-refractivity contribution in [3.8, 4) is 0 Å². The molecule has 3 rings (SSSR count). The smallest absolute Gasteiger partial charge is 0.267 e. The number of nitrogens with one attached hydrogen (secondary N) is 2. The highest BCUT2D eigenvalue weighted by atomic mass is 16.3. The van der Waals surface area contributed by atoms with E-state index in [-0.39, 0.29) is 18.4 Å². The Morgan fingerprint density at radius 3 is 3.05 bits per heavy atom. The van der Waals surface area contributed by atoms with Gasteiger partial charge in [-0.15, -0.1) is 0 Å². The van der Waals surface area contributed by atoms with Crippen molar-refractivity contribution in [3.05, 3.63) is 24.1 Å². The second-order valence-corrected chi connectivity index (χ2v) is 5.23. The Hall–Kier alpha value is -1.75. The summed E-state index contributed by atoms with van der Waals surface area (Å²) in [6.45, 7) is 0.665. The zero-order valence-corrected chi connectivity index (χ0v) is 10.7. The van der Waals surface area contributed by atoms with E-state index in [0.717, 1.165) is 18.4 Å². The summed E-state index contributed by atoms with van der Waals surface area (Å²) in [7, 11) is 0. The van der Waals surface area contributed by atoms with Crippen LogP contribution >= 0.6 is 0 Å². The van der Waals surface area contributed by atoms with Crippen molar-refractivity contribution >= 4 is 17.0 Å². The summed E-state index contributed by atoms with van der Waals surface area (Å²) in [6, 6.07) is 3.49. The molecule has 2 aromatic rings. The number of carbonyl (C=O) groups excluding carboxylic acids is 1. The fourth-order valence-electron chi connectivity index (χ4n) is 2.58. The molecule has 1 fully saturated rings. The minimum absolute atomic E-state index is 0.137. The number of hydrogen-bond acceptors (Lipinski definition) is 3. The summed E-state index contributed by atoms with van der Waals surface area (Å²) >= 11 is 0. The van der Waals surface area contributed by atoms with E-state index in [1.165, 1.54) is 6.42 Å². The summed E-state index contributed by atoms with van der Waals surface area (Å²) in [5.41, 5.74) is 2.00. The minimum Gasteiger partial charge on any atom is -0.463 e. The van der Waals surface area contributed by atoms with E-state index in [0.29, 0.717) is 23.7 Å². The van der Waals surface area contributed by atoms with Crippen LogP contribution in [0.3, 0.4) is 0 Å². The van der Waals surface area contributed by atoms with Crippen LogP contribution in [0.1, 0.15) is 29.8 Å². The molecule has 0 aliphatic heterocycles. The summed E-state index contributed by atoms with van der Waals surface area (Å²) in [5, 5.41) is 12.2. The van der Waals surface area contributed by atoms with Gasteiger partial charge < -0.3 is 19.8 Å². The number of aromatic nitrogens is 1. The third-order valence-corrected chi connectivity index (χ3v) is 4.06. The van der Waals surface area contributed by atoms with E-state index in [1.54, 1.807) is 18.4 Å². The second-order valence-electron chi connectivity index (χ2n) is 5.23. The number of aliphatic hydroxyl groups is 1. The monoisotopic (exact) mass is 262 g/mol. The number of aromatic amines is 1. The number of hydrogen-bond donors (Lipinski definition) is 3. The highest BCUT2D eigenvalue weighted by Crippen LogP contribution is 2.32. The number of rotatable bonds is 5. The summed E-state index contributed by atoms with van der Waals surface area (Å²) in [4.78, 5) is 15.0. The largest absolute Gasteiger partial charge is 0.463 e.